The predicted molar refractivity (Wildman–Crippen MR) is 131 cm³/mol. The average Bonchev–Trinajstić information content (AvgIpc) is 3.61. The third-order valence-corrected chi connectivity index (χ3v) is 8.72. The van der Waals surface area contributed by atoms with Crippen molar-refractivity contribution >= 4 is 9.84 Å². The summed E-state index contributed by atoms with van der Waals surface area (Å²) in [6, 6.07) is 7.00. The quantitative estimate of drug-likeness (QED) is 0.217. The Morgan fingerprint density at radius 2 is 1.68 bits per heavy atom. The lowest BCUT2D eigenvalue weighted by Gasteiger charge is -2.19. The lowest BCUT2D eigenvalue weighted by atomic mass is 10.00. The lowest BCUT2D eigenvalue weighted by molar-refractivity contribution is -0.161. The van der Waals surface area contributed by atoms with Crippen molar-refractivity contribution < 1.29 is 43.5 Å². The van der Waals surface area contributed by atoms with Crippen LogP contribution >= 0.6 is 0 Å². The van der Waals surface area contributed by atoms with Crippen LogP contribution in [0, 0.1) is 0 Å². The summed E-state index contributed by atoms with van der Waals surface area (Å²) in [4.78, 5) is 12.0. The Morgan fingerprint density at radius 3 is 2.27 bits per heavy atom. The van der Waals surface area contributed by atoms with Crippen molar-refractivity contribution in [2.75, 3.05) is 5.75 Å². The van der Waals surface area contributed by atoms with Gasteiger partial charge in [0.1, 0.15) is 11.1 Å². The third kappa shape index (κ3) is 5.26. The molecule has 6 nitrogen and oxygen atoms in total. The molecule has 0 amide bonds. The van der Waals surface area contributed by atoms with E-state index >= 15 is 0 Å². The van der Waals surface area contributed by atoms with E-state index in [2.05, 4.69) is 15.0 Å². The maximum absolute atomic E-state index is 13.7. The number of nitrogens with zero attached hydrogens (tertiary/aromatic N) is 4. The molecule has 5 rings (SSSR count). The Hall–Kier alpha value is -3.62. The zero-order valence-electron chi connectivity index (χ0n) is 21.1. The van der Waals surface area contributed by atoms with E-state index in [1.165, 1.54) is 25.1 Å². The second-order valence-corrected chi connectivity index (χ2v) is 11.9. The zero-order chi connectivity index (χ0) is 30.0. The van der Waals surface area contributed by atoms with E-state index in [1.54, 1.807) is 0 Å². The van der Waals surface area contributed by atoms with Gasteiger partial charge in [-0.15, -0.1) is 0 Å². The molecule has 0 aromatic carbocycles. The molecule has 0 atom stereocenters. The Balaban J connectivity index is 1.66. The molecule has 1 aliphatic carbocycles. The van der Waals surface area contributed by atoms with E-state index < -0.39 is 51.9 Å². The molecule has 4 heterocycles. The van der Waals surface area contributed by atoms with E-state index in [-0.39, 0.29) is 57.5 Å². The number of aromatic nitrogens is 4. The summed E-state index contributed by atoms with van der Waals surface area (Å²) in [5.41, 5.74) is -4.23. The summed E-state index contributed by atoms with van der Waals surface area (Å²) < 4.78 is 134. The normalized spacial score (nSPS) is 15.6. The molecule has 2 aromatic heterocycles. The van der Waals surface area contributed by atoms with Crippen LogP contribution < -0.4 is 0 Å². The maximum Gasteiger partial charge on any atom is 0.417 e. The number of sulfone groups is 1. The van der Waals surface area contributed by atoms with E-state index in [4.69, 9.17) is 0 Å². The van der Waals surface area contributed by atoms with Crippen molar-refractivity contribution in [1.82, 2.24) is 19.5 Å². The third-order valence-electron chi connectivity index (χ3n) is 6.97. The summed E-state index contributed by atoms with van der Waals surface area (Å²) in [5, 5.41) is 0. The molecule has 0 spiro atoms. The predicted octanol–water partition coefficient (Wildman–Crippen LogP) is 6.78. The van der Waals surface area contributed by atoms with Crippen LogP contribution in [0.1, 0.15) is 31.0 Å². The number of hydrogen-bond donors (Lipinski definition) is 0. The standard InChI is InChI=1S/C26H20F8N4O2S/c1-2-41(39,40)20-8-14(16-4-3-5-21(37-16)24(6-7-24)26(32,33)34)11-35-23(20)18-10-19-17(36-18)9-15(25(29,30)31)12-38(19)13-22(27)28/h3-5,8-12,22H,2,6-7,13H2,1H3. The van der Waals surface area contributed by atoms with Gasteiger partial charge in [0, 0.05) is 18.0 Å². The molecule has 1 fully saturated rings. The number of halogens is 8. The monoisotopic (exact) mass is 604 g/mol. The minimum absolute atomic E-state index is 0.0369. The first kappa shape index (κ1) is 28.9. The Kier molecular flexibility index (Phi) is 6.86. The molecule has 218 valence electrons. The molecular weight excluding hydrogens is 584 g/mol. The number of pyridine rings is 3. The van der Waals surface area contributed by atoms with Crippen LogP contribution in [0.15, 0.2) is 53.7 Å². The highest BCUT2D eigenvalue weighted by molar-refractivity contribution is 7.91. The first-order valence-corrected chi connectivity index (χ1v) is 13.8. The summed E-state index contributed by atoms with van der Waals surface area (Å²) in [7, 11) is -4.07. The minimum Gasteiger partial charge on any atom is -0.340 e. The molecule has 0 N–H and O–H groups in total. The van der Waals surface area contributed by atoms with Gasteiger partial charge >= 0.3 is 12.4 Å². The van der Waals surface area contributed by atoms with Gasteiger partial charge in [-0.25, -0.2) is 22.2 Å². The van der Waals surface area contributed by atoms with Gasteiger partial charge in [0.05, 0.1) is 51.2 Å². The molecule has 2 aromatic rings. The molecule has 0 saturated heterocycles. The Morgan fingerprint density at radius 1 is 0.976 bits per heavy atom. The van der Waals surface area contributed by atoms with Gasteiger partial charge in [0.15, 0.2) is 9.84 Å². The van der Waals surface area contributed by atoms with Crippen LogP contribution in [-0.4, -0.2) is 46.3 Å². The smallest absolute Gasteiger partial charge is 0.340 e. The zero-order valence-corrected chi connectivity index (χ0v) is 21.9. The molecule has 0 bridgehead atoms. The van der Waals surface area contributed by atoms with Crippen LogP contribution in [0.4, 0.5) is 35.1 Å². The number of fused-ring (bicyclic) bond motifs is 1. The molecule has 0 radical (unpaired) electrons. The molecule has 15 heteroatoms. The van der Waals surface area contributed by atoms with Crippen LogP contribution in [0.5, 0.6) is 0 Å². The van der Waals surface area contributed by atoms with Gasteiger partial charge in [-0.2, -0.15) is 26.3 Å². The van der Waals surface area contributed by atoms with Crippen molar-refractivity contribution in [3.8, 4) is 34.0 Å². The molecule has 0 unspecified atom stereocenters. The average molecular weight is 605 g/mol. The highest BCUT2D eigenvalue weighted by atomic mass is 32.2. The first-order chi connectivity index (χ1) is 19.1. The summed E-state index contributed by atoms with van der Waals surface area (Å²) in [6.07, 6.45) is -10.9. The van der Waals surface area contributed by atoms with Gasteiger partial charge in [0.25, 0.3) is 6.43 Å². The van der Waals surface area contributed by atoms with Crippen LogP contribution in [0.2, 0.25) is 0 Å². The first-order valence-electron chi connectivity index (χ1n) is 12.2. The number of alkyl halides is 8. The number of rotatable bonds is 7. The lowest BCUT2D eigenvalue weighted by Crippen LogP contribution is -2.29. The van der Waals surface area contributed by atoms with E-state index in [0.29, 0.717) is 16.8 Å². The van der Waals surface area contributed by atoms with Crippen molar-refractivity contribution in [3.63, 3.8) is 0 Å². The second kappa shape index (κ2) is 9.74. The fraction of sp³-hybridized carbons (Fsp3) is 0.346. The molecule has 1 saturated carbocycles. The highest BCUT2D eigenvalue weighted by Crippen LogP contribution is 2.58. The van der Waals surface area contributed by atoms with Crippen LogP contribution in [0.3, 0.4) is 0 Å². The fourth-order valence-electron chi connectivity index (χ4n) is 4.60. The van der Waals surface area contributed by atoms with Crippen molar-refractivity contribution in [2.24, 2.45) is 0 Å². The van der Waals surface area contributed by atoms with Gasteiger partial charge in [-0.05, 0) is 43.2 Å². The SMILES string of the molecule is CCS(=O)(=O)c1cc(-c2cccc(C3(C(F)(F)F)CC3)n2)cnc1-c1cc2n(CC(F)F)cc(C(F)(F)F)cc-2n1. The largest absolute Gasteiger partial charge is 0.417 e. The minimum atomic E-state index is -4.86. The van der Waals surface area contributed by atoms with E-state index in [9.17, 15) is 43.5 Å². The van der Waals surface area contributed by atoms with Crippen LogP contribution in [0.25, 0.3) is 34.0 Å². The van der Waals surface area contributed by atoms with Gasteiger partial charge in [0.2, 0.25) is 0 Å². The summed E-state index contributed by atoms with van der Waals surface area (Å²) >= 11 is 0. The number of hydrogen-bond acceptors (Lipinski definition) is 5. The van der Waals surface area contributed by atoms with Gasteiger partial charge in [-0.3, -0.25) is 9.97 Å². The van der Waals surface area contributed by atoms with Crippen LogP contribution in [-0.2, 0) is 28.0 Å². The van der Waals surface area contributed by atoms with E-state index in [0.717, 1.165) is 18.3 Å². The molecule has 41 heavy (non-hydrogen) atoms. The van der Waals surface area contributed by atoms with E-state index in [1.807, 2.05) is 0 Å². The fourth-order valence-corrected chi connectivity index (χ4v) is 5.67. The van der Waals surface area contributed by atoms with Gasteiger partial charge in [-0.1, -0.05) is 13.0 Å². The Labute approximate surface area is 228 Å². The Bertz CT molecular complexity index is 1690. The summed E-state index contributed by atoms with van der Waals surface area (Å²) in [5.74, 6) is -0.417. The van der Waals surface area contributed by atoms with Crippen molar-refractivity contribution in [1.29, 1.82) is 0 Å². The highest BCUT2D eigenvalue weighted by Gasteiger charge is 2.65. The second-order valence-electron chi connectivity index (χ2n) is 9.64. The maximum atomic E-state index is 13.7. The molecular formula is C26H20F8N4O2S. The topological polar surface area (TPSA) is 77.7 Å². The summed E-state index contributed by atoms with van der Waals surface area (Å²) in [6.45, 7) is 0.269. The van der Waals surface area contributed by atoms with Crippen molar-refractivity contribution in [2.45, 2.75) is 55.4 Å². The molecule has 3 aliphatic rings. The van der Waals surface area contributed by atoms with Crippen molar-refractivity contribution in [3.05, 3.63) is 60.0 Å². The van der Waals surface area contributed by atoms with Gasteiger partial charge < -0.3 is 4.57 Å². The molecule has 2 aliphatic heterocycles.